The van der Waals surface area contributed by atoms with Crippen molar-refractivity contribution < 1.29 is 13.2 Å². The van der Waals surface area contributed by atoms with Crippen LogP contribution in [0, 0.1) is 0 Å². The molecule has 9 heteroatoms. The van der Waals surface area contributed by atoms with Gasteiger partial charge in [0.05, 0.1) is 11.6 Å². The maximum Gasteiger partial charge on any atom is 0.260 e. The van der Waals surface area contributed by atoms with Gasteiger partial charge in [0.25, 0.3) is 10.0 Å². The van der Waals surface area contributed by atoms with E-state index in [4.69, 9.17) is 16.3 Å². The van der Waals surface area contributed by atoms with Crippen molar-refractivity contribution in [3.05, 3.63) is 16.7 Å². The number of sulfonamides is 1. The van der Waals surface area contributed by atoms with Crippen LogP contribution in [0.2, 0.25) is 5.15 Å². The van der Waals surface area contributed by atoms with E-state index in [9.17, 15) is 8.42 Å². The third-order valence-corrected chi connectivity index (χ3v) is 6.45. The third kappa shape index (κ3) is 2.15. The minimum atomic E-state index is -3.77. The number of hydrogen-bond donors (Lipinski definition) is 1. The number of nitrogens with zero attached hydrogens (tertiary/aromatic N) is 2. The molecule has 0 aromatic carbocycles. The molecule has 110 valence electrons. The zero-order valence-corrected chi connectivity index (χ0v) is 13.3. The van der Waals surface area contributed by atoms with E-state index in [1.807, 2.05) is 13.8 Å². The lowest BCUT2D eigenvalue weighted by Gasteiger charge is -2.28. The van der Waals surface area contributed by atoms with Gasteiger partial charge >= 0.3 is 0 Å². The second-order valence-corrected chi connectivity index (χ2v) is 7.88. The Labute approximate surface area is 125 Å². The topological polar surface area (TPSA) is 72.7 Å². The van der Waals surface area contributed by atoms with Gasteiger partial charge < -0.3 is 4.74 Å². The van der Waals surface area contributed by atoms with Crippen LogP contribution >= 0.6 is 22.9 Å². The highest BCUT2D eigenvalue weighted by Crippen LogP contribution is 2.30. The Morgan fingerprint density at radius 2 is 2.40 bits per heavy atom. The number of thiazole rings is 1. The molecule has 0 radical (unpaired) electrons. The van der Waals surface area contributed by atoms with Crippen LogP contribution in [0.1, 0.15) is 20.3 Å². The van der Waals surface area contributed by atoms with Gasteiger partial charge in [-0.1, -0.05) is 11.6 Å². The van der Waals surface area contributed by atoms with E-state index in [0.29, 0.717) is 18.0 Å². The molecule has 0 aliphatic carbocycles. The molecule has 0 saturated carbocycles. The Morgan fingerprint density at radius 1 is 1.65 bits per heavy atom. The number of imidazole rings is 1. The van der Waals surface area contributed by atoms with Crippen molar-refractivity contribution in [2.45, 2.75) is 36.9 Å². The standard InChI is InChI=1S/C11H14ClN3O3S2/c1-7-11(2,3-5-18-7)14-20(16,17)9-8(12)13-10-15(9)4-6-19-10/h4,6-7,14H,3,5H2,1-2H3. The Bertz CT molecular complexity index is 754. The SMILES string of the molecule is CC1OCCC1(C)NS(=O)(=O)c1c(Cl)nc2sccn12. The average Bonchev–Trinajstić information content (AvgIpc) is 2.94. The van der Waals surface area contributed by atoms with Crippen molar-refractivity contribution in [2.24, 2.45) is 0 Å². The van der Waals surface area contributed by atoms with Crippen LogP contribution in [0.5, 0.6) is 0 Å². The summed E-state index contributed by atoms with van der Waals surface area (Å²) in [5.74, 6) is 0. The Balaban J connectivity index is 2.04. The summed E-state index contributed by atoms with van der Waals surface area (Å²) in [6.45, 7) is 4.23. The molecule has 0 spiro atoms. The molecule has 2 aromatic heterocycles. The van der Waals surface area contributed by atoms with Gasteiger partial charge in [-0.15, -0.1) is 11.3 Å². The molecule has 1 saturated heterocycles. The van der Waals surface area contributed by atoms with Crippen molar-refractivity contribution in [2.75, 3.05) is 6.61 Å². The first-order valence-corrected chi connectivity index (χ1v) is 8.84. The lowest BCUT2D eigenvalue weighted by Crippen LogP contribution is -2.50. The normalized spacial score (nSPS) is 27.4. The summed E-state index contributed by atoms with van der Waals surface area (Å²) in [6, 6.07) is 0. The molecule has 2 atom stereocenters. The molecule has 2 unspecified atom stereocenters. The summed E-state index contributed by atoms with van der Waals surface area (Å²) in [7, 11) is -3.77. The maximum absolute atomic E-state index is 12.6. The van der Waals surface area contributed by atoms with Gasteiger partial charge in [0.15, 0.2) is 15.1 Å². The monoisotopic (exact) mass is 335 g/mol. The van der Waals surface area contributed by atoms with Crippen molar-refractivity contribution >= 4 is 37.9 Å². The quantitative estimate of drug-likeness (QED) is 0.929. The first-order valence-electron chi connectivity index (χ1n) is 6.10. The third-order valence-electron chi connectivity index (χ3n) is 3.69. The minimum absolute atomic E-state index is 0.0143. The number of rotatable bonds is 3. The highest BCUT2D eigenvalue weighted by atomic mass is 35.5. The lowest BCUT2D eigenvalue weighted by molar-refractivity contribution is 0.0957. The number of halogens is 1. The smallest absolute Gasteiger partial charge is 0.260 e. The second kappa shape index (κ2) is 4.67. The first-order chi connectivity index (χ1) is 9.33. The molecule has 6 nitrogen and oxygen atoms in total. The number of hydrogen-bond acceptors (Lipinski definition) is 5. The zero-order valence-electron chi connectivity index (χ0n) is 11.0. The Hall–Kier alpha value is -0.670. The van der Waals surface area contributed by atoms with Gasteiger partial charge in [-0.05, 0) is 20.3 Å². The predicted octanol–water partition coefficient (Wildman–Crippen LogP) is 1.89. The van der Waals surface area contributed by atoms with E-state index in [2.05, 4.69) is 9.71 Å². The van der Waals surface area contributed by atoms with Crippen LogP contribution in [-0.4, -0.2) is 36.1 Å². The van der Waals surface area contributed by atoms with Crippen molar-refractivity contribution in [1.82, 2.24) is 14.1 Å². The van der Waals surface area contributed by atoms with Crippen LogP contribution in [0.4, 0.5) is 0 Å². The second-order valence-electron chi connectivity index (χ2n) is 5.05. The fourth-order valence-electron chi connectivity index (χ4n) is 2.30. The number of fused-ring (bicyclic) bond motifs is 1. The number of ether oxygens (including phenoxy) is 1. The van der Waals surface area contributed by atoms with Gasteiger partial charge in [-0.2, -0.15) is 0 Å². The Kier molecular flexibility index (Phi) is 3.33. The molecule has 0 bridgehead atoms. The molecule has 1 fully saturated rings. The average molecular weight is 336 g/mol. The van der Waals surface area contributed by atoms with Crippen LogP contribution in [0.25, 0.3) is 4.96 Å². The van der Waals surface area contributed by atoms with Gasteiger partial charge in [0.1, 0.15) is 0 Å². The molecule has 1 aliphatic heterocycles. The highest BCUT2D eigenvalue weighted by molar-refractivity contribution is 7.89. The fourth-order valence-corrected chi connectivity index (χ4v) is 5.25. The van der Waals surface area contributed by atoms with Gasteiger partial charge in [0, 0.05) is 18.2 Å². The van der Waals surface area contributed by atoms with Crippen LogP contribution in [0.3, 0.4) is 0 Å². The summed E-state index contributed by atoms with van der Waals surface area (Å²) in [4.78, 5) is 4.60. The highest BCUT2D eigenvalue weighted by Gasteiger charge is 2.42. The molecule has 2 aromatic rings. The van der Waals surface area contributed by atoms with E-state index >= 15 is 0 Å². The molecule has 3 heterocycles. The van der Waals surface area contributed by atoms with Crippen molar-refractivity contribution in [3.8, 4) is 0 Å². The predicted molar refractivity (Wildman–Crippen MR) is 76.8 cm³/mol. The number of aromatic nitrogens is 2. The maximum atomic E-state index is 12.6. The van der Waals surface area contributed by atoms with E-state index in [0.717, 1.165) is 0 Å². The molecule has 0 amide bonds. The molecule has 3 rings (SSSR count). The number of nitrogens with one attached hydrogen (secondary N) is 1. The zero-order chi connectivity index (χ0) is 14.5. The van der Waals surface area contributed by atoms with Gasteiger partial charge in [-0.3, -0.25) is 4.40 Å². The van der Waals surface area contributed by atoms with E-state index in [-0.39, 0.29) is 16.3 Å². The van der Waals surface area contributed by atoms with E-state index < -0.39 is 15.6 Å². The van der Waals surface area contributed by atoms with Gasteiger partial charge in [0.2, 0.25) is 0 Å². The largest absolute Gasteiger partial charge is 0.376 e. The van der Waals surface area contributed by atoms with Crippen LogP contribution < -0.4 is 4.72 Å². The summed E-state index contributed by atoms with van der Waals surface area (Å²) in [5, 5.41) is 1.73. The summed E-state index contributed by atoms with van der Waals surface area (Å²) in [6.07, 6.45) is 2.07. The summed E-state index contributed by atoms with van der Waals surface area (Å²) < 4.78 is 34.9. The lowest BCUT2D eigenvalue weighted by atomic mass is 9.97. The summed E-state index contributed by atoms with van der Waals surface area (Å²) >= 11 is 7.32. The van der Waals surface area contributed by atoms with Crippen molar-refractivity contribution in [1.29, 1.82) is 0 Å². The molecular formula is C11H14ClN3O3S2. The molecule has 1 N–H and O–H groups in total. The van der Waals surface area contributed by atoms with E-state index in [1.165, 1.54) is 15.7 Å². The molecular weight excluding hydrogens is 322 g/mol. The molecule has 20 heavy (non-hydrogen) atoms. The summed E-state index contributed by atoms with van der Waals surface area (Å²) in [5.41, 5.74) is -0.637. The van der Waals surface area contributed by atoms with Crippen LogP contribution in [0.15, 0.2) is 16.6 Å². The van der Waals surface area contributed by atoms with E-state index in [1.54, 1.807) is 11.6 Å². The first kappa shape index (κ1) is 14.3. The minimum Gasteiger partial charge on any atom is -0.376 e. The van der Waals surface area contributed by atoms with Gasteiger partial charge in [-0.25, -0.2) is 18.1 Å². The fraction of sp³-hybridized carbons (Fsp3) is 0.545. The molecule has 1 aliphatic rings. The van der Waals surface area contributed by atoms with Crippen molar-refractivity contribution in [3.63, 3.8) is 0 Å². The Morgan fingerprint density at radius 3 is 3.05 bits per heavy atom. The van der Waals surface area contributed by atoms with Crippen LogP contribution in [-0.2, 0) is 14.8 Å².